The smallest absolute Gasteiger partial charge is 0.306 e. The van der Waals surface area contributed by atoms with Gasteiger partial charge < -0.3 is 14.2 Å². The first-order valence-electron chi connectivity index (χ1n) is 27.0. The highest BCUT2D eigenvalue weighted by molar-refractivity contribution is 5.71. The minimum absolute atomic E-state index is 0.113. The molecule has 0 aliphatic heterocycles. The number of allylic oxidation sites excluding steroid dienone is 20. The lowest BCUT2D eigenvalue weighted by molar-refractivity contribution is -0.167. The number of ether oxygens (including phenoxy) is 3. The molecule has 6 nitrogen and oxygen atoms in total. The summed E-state index contributed by atoms with van der Waals surface area (Å²) in [5.74, 6) is -1.01. The third-order valence-corrected chi connectivity index (χ3v) is 10.9. The van der Waals surface area contributed by atoms with Crippen molar-refractivity contribution < 1.29 is 28.6 Å². The first kappa shape index (κ1) is 62.8. The SMILES string of the molecule is CC/C=C\C/C=C\C/C=C\C/C=C\C/C=C\CCCC(=O)OC[C@H](COC(=O)CCCCCCC/C=C\CCCCCCCC)OC(=O)CCCCCC/C=C\C/C=C\C/C=C\C/C=C\CC. The molecule has 0 saturated heterocycles. The fraction of sp³-hybridized carbons (Fsp3) is 0.623. The Morgan fingerprint density at radius 3 is 0.985 bits per heavy atom. The van der Waals surface area contributed by atoms with Gasteiger partial charge in [-0.15, -0.1) is 0 Å². The Hall–Kier alpha value is -4.19. The first-order valence-corrected chi connectivity index (χ1v) is 27.0. The molecule has 0 aromatic carbocycles. The first-order chi connectivity index (χ1) is 33.0. The minimum Gasteiger partial charge on any atom is -0.462 e. The van der Waals surface area contributed by atoms with Crippen LogP contribution in [0.2, 0.25) is 0 Å². The predicted molar refractivity (Wildman–Crippen MR) is 288 cm³/mol. The van der Waals surface area contributed by atoms with Gasteiger partial charge in [-0.25, -0.2) is 0 Å². The van der Waals surface area contributed by atoms with Crippen molar-refractivity contribution in [2.75, 3.05) is 13.2 Å². The molecule has 378 valence electrons. The van der Waals surface area contributed by atoms with E-state index in [0.29, 0.717) is 12.8 Å². The maximum absolute atomic E-state index is 12.8. The van der Waals surface area contributed by atoms with E-state index in [2.05, 4.69) is 142 Å². The number of rotatable bonds is 47. The van der Waals surface area contributed by atoms with Gasteiger partial charge in [0.15, 0.2) is 6.10 Å². The maximum Gasteiger partial charge on any atom is 0.306 e. The van der Waals surface area contributed by atoms with Crippen molar-refractivity contribution in [1.29, 1.82) is 0 Å². The van der Waals surface area contributed by atoms with Gasteiger partial charge in [-0.2, -0.15) is 0 Å². The topological polar surface area (TPSA) is 78.9 Å². The van der Waals surface area contributed by atoms with Crippen LogP contribution in [0.4, 0.5) is 0 Å². The van der Waals surface area contributed by atoms with Crippen LogP contribution in [0.15, 0.2) is 122 Å². The lowest BCUT2D eigenvalue weighted by atomic mass is 10.1. The van der Waals surface area contributed by atoms with E-state index in [4.69, 9.17) is 14.2 Å². The van der Waals surface area contributed by atoms with Crippen molar-refractivity contribution in [2.45, 2.75) is 232 Å². The van der Waals surface area contributed by atoms with Crippen molar-refractivity contribution in [2.24, 2.45) is 0 Å². The molecule has 0 aliphatic rings. The van der Waals surface area contributed by atoms with Gasteiger partial charge in [-0.3, -0.25) is 14.4 Å². The minimum atomic E-state index is -0.821. The Kier molecular flexibility index (Phi) is 51.0. The van der Waals surface area contributed by atoms with Crippen LogP contribution in [-0.4, -0.2) is 37.2 Å². The molecule has 0 aromatic rings. The molecule has 0 aromatic heterocycles. The molecule has 0 spiro atoms. The van der Waals surface area contributed by atoms with Gasteiger partial charge in [0.25, 0.3) is 0 Å². The average molecular weight is 927 g/mol. The van der Waals surface area contributed by atoms with E-state index < -0.39 is 6.10 Å². The molecule has 0 amide bonds. The van der Waals surface area contributed by atoms with E-state index >= 15 is 0 Å². The van der Waals surface area contributed by atoms with Gasteiger partial charge >= 0.3 is 17.9 Å². The number of carbonyl (C=O) groups is 3. The summed E-state index contributed by atoms with van der Waals surface area (Å²) in [6.45, 7) is 6.32. The zero-order valence-corrected chi connectivity index (χ0v) is 43.1. The highest BCUT2D eigenvalue weighted by Crippen LogP contribution is 2.13. The van der Waals surface area contributed by atoms with Crippen LogP contribution < -0.4 is 0 Å². The summed E-state index contributed by atoms with van der Waals surface area (Å²) < 4.78 is 16.8. The molecule has 67 heavy (non-hydrogen) atoms. The fourth-order valence-electron chi connectivity index (χ4n) is 6.93. The number of esters is 3. The molecule has 0 aliphatic carbocycles. The van der Waals surface area contributed by atoms with Gasteiger partial charge in [-0.1, -0.05) is 206 Å². The van der Waals surface area contributed by atoms with Gasteiger partial charge in [0.2, 0.25) is 0 Å². The largest absolute Gasteiger partial charge is 0.462 e. The van der Waals surface area contributed by atoms with Gasteiger partial charge in [0.05, 0.1) is 0 Å². The maximum atomic E-state index is 12.8. The van der Waals surface area contributed by atoms with Crippen LogP contribution in [0.1, 0.15) is 226 Å². The van der Waals surface area contributed by atoms with E-state index in [1.165, 1.54) is 51.4 Å². The van der Waals surface area contributed by atoms with E-state index in [-0.39, 0.29) is 44.0 Å². The summed E-state index contributed by atoms with van der Waals surface area (Å²) in [5, 5.41) is 0. The van der Waals surface area contributed by atoms with Crippen LogP contribution >= 0.6 is 0 Å². The van der Waals surface area contributed by atoms with Crippen molar-refractivity contribution in [1.82, 2.24) is 0 Å². The number of hydrogen-bond acceptors (Lipinski definition) is 6. The van der Waals surface area contributed by atoms with Crippen LogP contribution in [0.5, 0.6) is 0 Å². The molecule has 0 unspecified atom stereocenters. The second-order valence-corrected chi connectivity index (χ2v) is 17.4. The second kappa shape index (κ2) is 54.4. The fourth-order valence-corrected chi connectivity index (χ4v) is 6.93. The Morgan fingerprint density at radius 2 is 0.597 bits per heavy atom. The van der Waals surface area contributed by atoms with Crippen molar-refractivity contribution >= 4 is 17.9 Å². The van der Waals surface area contributed by atoms with Gasteiger partial charge in [-0.05, 0) is 122 Å². The van der Waals surface area contributed by atoms with Crippen molar-refractivity contribution in [3.63, 3.8) is 0 Å². The standard InChI is InChI=1S/C61H98O6/c1-4-7-10-13-16-19-22-25-28-30-33-36-39-42-45-48-51-54-60(63)66-57-58(56-65-59(62)53-50-47-44-41-38-35-32-27-24-21-18-15-12-9-6-3)67-61(64)55-52-49-46-43-40-37-34-31-29-26-23-20-17-14-11-8-5-2/h7-8,10-11,16-17,19-20,25-29,32-34,36-37,42,45,58H,4-6,9,12-15,18,21-24,30-31,35,38-41,43-44,46-57H2,1-3H3/b10-7-,11-8-,19-16-,20-17-,28-25-,29-26-,32-27-,36-33-,37-34-,45-42-/t58-/m0/s1. The van der Waals surface area contributed by atoms with Gasteiger partial charge in [0.1, 0.15) is 13.2 Å². The number of carbonyl (C=O) groups excluding carboxylic acids is 3. The highest BCUT2D eigenvalue weighted by atomic mass is 16.6. The van der Waals surface area contributed by atoms with E-state index in [1.54, 1.807) is 0 Å². The summed E-state index contributed by atoms with van der Waals surface area (Å²) in [5.41, 5.74) is 0. The lowest BCUT2D eigenvalue weighted by Crippen LogP contribution is -2.30. The van der Waals surface area contributed by atoms with Crippen molar-refractivity contribution in [3.05, 3.63) is 122 Å². The molecule has 1 atom stereocenters. The van der Waals surface area contributed by atoms with Crippen LogP contribution in [-0.2, 0) is 28.6 Å². The zero-order valence-electron chi connectivity index (χ0n) is 43.1. The third kappa shape index (κ3) is 52.6. The van der Waals surface area contributed by atoms with Crippen LogP contribution in [0.3, 0.4) is 0 Å². The molecular weight excluding hydrogens is 829 g/mol. The summed E-state index contributed by atoms with van der Waals surface area (Å²) >= 11 is 0. The quantitative estimate of drug-likeness (QED) is 0.0262. The summed E-state index contributed by atoms with van der Waals surface area (Å²) in [7, 11) is 0. The Labute approximate surface area is 412 Å². The molecule has 0 heterocycles. The third-order valence-electron chi connectivity index (χ3n) is 10.9. The lowest BCUT2D eigenvalue weighted by Gasteiger charge is -2.18. The van der Waals surface area contributed by atoms with Crippen LogP contribution in [0.25, 0.3) is 0 Å². The highest BCUT2D eigenvalue weighted by Gasteiger charge is 2.19. The summed E-state index contributed by atoms with van der Waals surface area (Å²) in [4.78, 5) is 38.1. The summed E-state index contributed by atoms with van der Waals surface area (Å²) in [6.07, 6.45) is 74.7. The molecule has 0 saturated carbocycles. The number of hydrogen-bond donors (Lipinski definition) is 0. The van der Waals surface area contributed by atoms with E-state index in [9.17, 15) is 14.4 Å². The molecule has 0 fully saturated rings. The predicted octanol–water partition coefficient (Wildman–Crippen LogP) is 18.1. The molecular formula is C61H98O6. The van der Waals surface area contributed by atoms with Gasteiger partial charge in [0, 0.05) is 19.3 Å². The molecule has 0 radical (unpaired) electrons. The monoisotopic (exact) mass is 927 g/mol. The van der Waals surface area contributed by atoms with Crippen LogP contribution in [0, 0.1) is 0 Å². The Bertz CT molecular complexity index is 1440. The molecule has 6 heteroatoms. The Morgan fingerprint density at radius 1 is 0.313 bits per heavy atom. The molecule has 0 rings (SSSR count). The normalized spacial score (nSPS) is 13.1. The van der Waals surface area contributed by atoms with E-state index in [0.717, 1.165) is 128 Å². The molecule has 0 N–H and O–H groups in total. The zero-order chi connectivity index (χ0) is 48.6. The average Bonchev–Trinajstić information content (AvgIpc) is 3.33. The van der Waals surface area contributed by atoms with E-state index in [1.807, 2.05) is 0 Å². The second-order valence-electron chi connectivity index (χ2n) is 17.4. The Balaban J connectivity index is 4.56. The van der Waals surface area contributed by atoms with Crippen molar-refractivity contribution in [3.8, 4) is 0 Å². The summed E-state index contributed by atoms with van der Waals surface area (Å²) in [6, 6.07) is 0. The number of unbranched alkanes of at least 4 members (excludes halogenated alkanes) is 16. The molecule has 0 bridgehead atoms.